The number of nitrogens with zero attached hydrogens (tertiary/aromatic N) is 2. The van der Waals surface area contributed by atoms with E-state index in [-0.39, 0.29) is 23.8 Å². The second kappa shape index (κ2) is 11.6. The Morgan fingerprint density at radius 1 is 1.00 bits per heavy atom. The summed E-state index contributed by atoms with van der Waals surface area (Å²) >= 11 is 0. The fraction of sp³-hybridized carbons (Fsp3) is 0.536. The zero-order valence-electron chi connectivity index (χ0n) is 21.4. The summed E-state index contributed by atoms with van der Waals surface area (Å²) in [5, 5.41) is 5.98. The van der Waals surface area contributed by atoms with Gasteiger partial charge in [-0.05, 0) is 74.9 Å². The van der Waals surface area contributed by atoms with E-state index in [1.54, 1.807) is 26.4 Å². The Balaban J connectivity index is 1.57. The maximum atomic E-state index is 13.9. The van der Waals surface area contributed by atoms with E-state index in [9.17, 15) is 22.8 Å². The molecule has 6 nitrogen and oxygen atoms in total. The third kappa shape index (κ3) is 6.32. The molecule has 2 aliphatic rings. The van der Waals surface area contributed by atoms with Crippen LogP contribution in [0.1, 0.15) is 69.0 Å². The SMILES string of the molecule is CNC(C)C(=O)NC(C(=O)N1CCCC1c1cncc(-c2ccc(C(F)(F)F)cc2)c1)C1CCCCC1. The molecule has 2 fully saturated rings. The summed E-state index contributed by atoms with van der Waals surface area (Å²) in [6, 6.07) is 5.75. The van der Waals surface area contributed by atoms with Crippen LogP contribution in [0.4, 0.5) is 13.2 Å². The van der Waals surface area contributed by atoms with E-state index >= 15 is 0 Å². The van der Waals surface area contributed by atoms with Gasteiger partial charge < -0.3 is 15.5 Å². The Hall–Kier alpha value is -2.94. The van der Waals surface area contributed by atoms with Crippen molar-refractivity contribution in [2.45, 2.75) is 76.2 Å². The number of carbonyl (C=O) groups excluding carboxylic acids is 2. The van der Waals surface area contributed by atoms with Crippen LogP contribution in [0.3, 0.4) is 0 Å². The Kier molecular flexibility index (Phi) is 8.52. The lowest BCUT2D eigenvalue weighted by Crippen LogP contribution is -2.55. The summed E-state index contributed by atoms with van der Waals surface area (Å²) in [5.74, 6) is -0.147. The molecule has 2 amide bonds. The number of pyridine rings is 1. The van der Waals surface area contributed by atoms with Crippen molar-refractivity contribution in [1.29, 1.82) is 0 Å². The highest BCUT2D eigenvalue weighted by Gasteiger charge is 2.39. The number of benzene rings is 1. The minimum atomic E-state index is -4.39. The fourth-order valence-electron chi connectivity index (χ4n) is 5.46. The van der Waals surface area contributed by atoms with E-state index < -0.39 is 23.8 Å². The van der Waals surface area contributed by atoms with Crippen molar-refractivity contribution in [2.75, 3.05) is 13.6 Å². The summed E-state index contributed by atoms with van der Waals surface area (Å²) in [6.45, 7) is 2.36. The monoisotopic (exact) mass is 516 g/mol. The molecule has 4 rings (SSSR count). The number of aromatic nitrogens is 1. The predicted molar refractivity (Wildman–Crippen MR) is 135 cm³/mol. The lowest BCUT2D eigenvalue weighted by atomic mass is 9.83. The van der Waals surface area contributed by atoms with Gasteiger partial charge in [-0.3, -0.25) is 14.6 Å². The molecule has 1 aromatic heterocycles. The fourth-order valence-corrected chi connectivity index (χ4v) is 5.46. The van der Waals surface area contributed by atoms with Crippen LogP contribution in [0, 0.1) is 5.92 Å². The van der Waals surface area contributed by atoms with Crippen LogP contribution in [0.25, 0.3) is 11.1 Å². The van der Waals surface area contributed by atoms with Gasteiger partial charge in [-0.2, -0.15) is 13.2 Å². The van der Waals surface area contributed by atoms with Gasteiger partial charge in [-0.15, -0.1) is 0 Å². The van der Waals surface area contributed by atoms with E-state index in [2.05, 4.69) is 15.6 Å². The first kappa shape index (κ1) is 27.1. The minimum absolute atomic E-state index is 0.0639. The first-order valence-corrected chi connectivity index (χ1v) is 13.1. The smallest absolute Gasteiger partial charge is 0.343 e. The topological polar surface area (TPSA) is 74.3 Å². The van der Waals surface area contributed by atoms with Gasteiger partial charge in [0.15, 0.2) is 0 Å². The Labute approximate surface area is 216 Å². The van der Waals surface area contributed by atoms with Crippen molar-refractivity contribution >= 4 is 11.8 Å². The lowest BCUT2D eigenvalue weighted by molar-refractivity contribution is -0.139. The third-order valence-corrected chi connectivity index (χ3v) is 7.74. The zero-order chi connectivity index (χ0) is 26.6. The minimum Gasteiger partial charge on any atom is -0.343 e. The van der Waals surface area contributed by atoms with Crippen LogP contribution in [0.15, 0.2) is 42.7 Å². The molecule has 2 aromatic rings. The number of likely N-dealkylation sites (tertiary alicyclic amines) is 1. The molecule has 2 heterocycles. The van der Waals surface area contributed by atoms with E-state index in [1.165, 1.54) is 12.1 Å². The molecule has 0 radical (unpaired) electrons. The standard InChI is InChI=1S/C28H35F3N4O2/c1-18(32-2)26(36)34-25(20-7-4-3-5-8-20)27(37)35-14-6-9-24(35)22-15-21(16-33-17-22)19-10-12-23(13-11-19)28(29,30)31/h10-13,15-18,20,24-25,32H,3-9,14H2,1-2H3,(H,34,36). The number of hydrogen-bond acceptors (Lipinski definition) is 4. The summed E-state index contributed by atoms with van der Waals surface area (Å²) in [6.07, 6.45) is 5.62. The largest absolute Gasteiger partial charge is 0.416 e. The number of nitrogens with one attached hydrogen (secondary N) is 2. The molecule has 1 saturated carbocycles. The molecular formula is C28H35F3N4O2. The normalized spacial score (nSPS) is 20.5. The summed E-state index contributed by atoms with van der Waals surface area (Å²) in [7, 11) is 1.72. The van der Waals surface area contributed by atoms with Crippen LogP contribution in [0.5, 0.6) is 0 Å². The first-order valence-electron chi connectivity index (χ1n) is 13.1. The second-order valence-corrected chi connectivity index (χ2v) is 10.2. The Bertz CT molecular complexity index is 1080. The molecule has 1 aliphatic heterocycles. The van der Waals surface area contributed by atoms with Gasteiger partial charge in [0.1, 0.15) is 6.04 Å². The number of alkyl halides is 3. The highest BCUT2D eigenvalue weighted by atomic mass is 19.4. The molecule has 0 bridgehead atoms. The molecule has 0 spiro atoms. The predicted octanol–water partition coefficient (Wildman–Crippen LogP) is 5.10. The Morgan fingerprint density at radius 3 is 2.35 bits per heavy atom. The van der Waals surface area contributed by atoms with Gasteiger partial charge in [-0.25, -0.2) is 0 Å². The van der Waals surface area contributed by atoms with Crippen LogP contribution in [-0.4, -0.2) is 47.4 Å². The highest BCUT2D eigenvalue weighted by molar-refractivity contribution is 5.90. The quantitative estimate of drug-likeness (QED) is 0.537. The third-order valence-electron chi connectivity index (χ3n) is 7.74. The van der Waals surface area contributed by atoms with Crippen LogP contribution < -0.4 is 10.6 Å². The van der Waals surface area contributed by atoms with Crippen LogP contribution in [-0.2, 0) is 15.8 Å². The van der Waals surface area contributed by atoms with Gasteiger partial charge in [0.25, 0.3) is 0 Å². The van der Waals surface area contributed by atoms with Gasteiger partial charge in [0, 0.05) is 24.5 Å². The van der Waals surface area contributed by atoms with Crippen molar-refractivity contribution in [2.24, 2.45) is 5.92 Å². The number of hydrogen-bond donors (Lipinski definition) is 2. The van der Waals surface area contributed by atoms with Crippen molar-refractivity contribution < 1.29 is 22.8 Å². The number of halogens is 3. The summed E-state index contributed by atoms with van der Waals surface area (Å²) in [5.41, 5.74) is 1.48. The summed E-state index contributed by atoms with van der Waals surface area (Å²) in [4.78, 5) is 32.9. The average molecular weight is 517 g/mol. The van der Waals surface area contributed by atoms with E-state index in [1.807, 2.05) is 11.0 Å². The van der Waals surface area contributed by atoms with E-state index in [0.717, 1.165) is 62.6 Å². The molecule has 1 saturated heterocycles. The maximum Gasteiger partial charge on any atom is 0.416 e. The molecule has 37 heavy (non-hydrogen) atoms. The molecule has 1 aliphatic carbocycles. The Morgan fingerprint density at radius 2 is 1.70 bits per heavy atom. The van der Waals surface area contributed by atoms with Crippen LogP contribution in [0.2, 0.25) is 0 Å². The van der Waals surface area contributed by atoms with E-state index in [0.29, 0.717) is 17.7 Å². The van der Waals surface area contributed by atoms with Gasteiger partial charge in [0.2, 0.25) is 11.8 Å². The molecule has 3 unspecified atom stereocenters. The first-order chi connectivity index (χ1) is 17.7. The molecular weight excluding hydrogens is 481 g/mol. The highest BCUT2D eigenvalue weighted by Crippen LogP contribution is 2.37. The van der Waals surface area contributed by atoms with Crippen LogP contribution >= 0.6 is 0 Å². The van der Waals surface area contributed by atoms with E-state index in [4.69, 9.17) is 0 Å². The van der Waals surface area contributed by atoms with Gasteiger partial charge in [-0.1, -0.05) is 31.4 Å². The molecule has 3 atom stereocenters. The van der Waals surface area contributed by atoms with Crippen molar-refractivity contribution in [3.05, 3.63) is 53.9 Å². The second-order valence-electron chi connectivity index (χ2n) is 10.2. The van der Waals surface area contributed by atoms with Crippen molar-refractivity contribution in [3.8, 4) is 11.1 Å². The molecule has 9 heteroatoms. The molecule has 1 aromatic carbocycles. The number of likely N-dealkylation sites (N-methyl/N-ethyl adjacent to an activating group) is 1. The van der Waals surface area contributed by atoms with Crippen molar-refractivity contribution in [1.82, 2.24) is 20.5 Å². The number of carbonyl (C=O) groups is 2. The molecule has 2 N–H and O–H groups in total. The zero-order valence-corrected chi connectivity index (χ0v) is 21.4. The number of amides is 2. The number of rotatable bonds is 7. The maximum absolute atomic E-state index is 13.9. The lowest BCUT2D eigenvalue weighted by Gasteiger charge is -2.35. The van der Waals surface area contributed by atoms with Gasteiger partial charge in [0.05, 0.1) is 17.6 Å². The van der Waals surface area contributed by atoms with Gasteiger partial charge >= 0.3 is 6.18 Å². The summed E-state index contributed by atoms with van der Waals surface area (Å²) < 4.78 is 38.9. The average Bonchev–Trinajstić information content (AvgIpc) is 3.41. The van der Waals surface area contributed by atoms with Crippen molar-refractivity contribution in [3.63, 3.8) is 0 Å². The molecule has 200 valence electrons.